The zero-order valence-corrected chi connectivity index (χ0v) is 12.8. The molecule has 114 valence electrons. The normalized spacial score (nSPS) is 11.6. The Morgan fingerprint density at radius 3 is 2.67 bits per heavy atom. The number of benzene rings is 1. The Labute approximate surface area is 122 Å². The van der Waals surface area contributed by atoms with E-state index in [0.29, 0.717) is 17.8 Å². The van der Waals surface area contributed by atoms with E-state index in [2.05, 4.69) is 9.82 Å². The highest BCUT2D eigenvalue weighted by Crippen LogP contribution is 2.24. The zero-order valence-electron chi connectivity index (χ0n) is 12.0. The van der Waals surface area contributed by atoms with Crippen molar-refractivity contribution in [3.05, 3.63) is 35.4 Å². The summed E-state index contributed by atoms with van der Waals surface area (Å²) in [4.78, 5) is -0.0789. The molecule has 0 aliphatic heterocycles. The molecule has 3 N–H and O–H groups in total. The smallest absolute Gasteiger partial charge is 0.262 e. The van der Waals surface area contributed by atoms with Gasteiger partial charge in [-0.3, -0.25) is 9.40 Å². The first kappa shape index (κ1) is 15.3. The largest absolute Gasteiger partial charge is 0.396 e. The number of aromatic nitrogens is 2. The molecule has 2 aromatic rings. The van der Waals surface area contributed by atoms with Crippen molar-refractivity contribution in [1.29, 1.82) is 0 Å². The lowest BCUT2D eigenvalue weighted by atomic mass is 10.2. The molecule has 0 bridgehead atoms. The van der Waals surface area contributed by atoms with Gasteiger partial charge in [-0.2, -0.15) is 5.10 Å². The highest BCUT2D eigenvalue weighted by Gasteiger charge is 2.20. The lowest BCUT2D eigenvalue weighted by Gasteiger charge is -2.10. The molecule has 8 heteroatoms. The third-order valence-corrected chi connectivity index (χ3v) is 4.40. The number of halogens is 1. The van der Waals surface area contributed by atoms with Crippen LogP contribution in [0.4, 0.5) is 15.8 Å². The fraction of sp³-hybridized carbons (Fsp3) is 0.308. The van der Waals surface area contributed by atoms with Crippen molar-refractivity contribution < 1.29 is 12.8 Å². The summed E-state index contributed by atoms with van der Waals surface area (Å²) in [6, 6.07) is 2.35. The van der Waals surface area contributed by atoms with Gasteiger partial charge in [0.15, 0.2) is 0 Å². The van der Waals surface area contributed by atoms with Gasteiger partial charge in [0.25, 0.3) is 10.0 Å². The molecule has 0 aliphatic carbocycles. The van der Waals surface area contributed by atoms with Crippen molar-refractivity contribution in [2.75, 3.05) is 10.5 Å². The summed E-state index contributed by atoms with van der Waals surface area (Å²) >= 11 is 0. The number of aryl methyl sites for hydroxylation is 3. The molecule has 0 fully saturated rings. The van der Waals surface area contributed by atoms with Gasteiger partial charge in [0, 0.05) is 13.2 Å². The average molecular weight is 312 g/mol. The van der Waals surface area contributed by atoms with Gasteiger partial charge >= 0.3 is 0 Å². The number of nitrogen functional groups attached to an aromatic ring is 1. The van der Waals surface area contributed by atoms with Crippen LogP contribution in [-0.4, -0.2) is 18.2 Å². The summed E-state index contributed by atoms with van der Waals surface area (Å²) in [5.41, 5.74) is 6.50. The molecular formula is C13H17FN4O2S. The standard InChI is InChI=1S/C13H17FN4O2S/c1-4-11-12(7-18(3)16-11)17-21(19,20)9-5-8(2)13(14)10(15)6-9/h5-7,17H,4,15H2,1-3H3. The van der Waals surface area contributed by atoms with E-state index in [9.17, 15) is 12.8 Å². The van der Waals surface area contributed by atoms with E-state index in [0.717, 1.165) is 6.07 Å². The van der Waals surface area contributed by atoms with Crippen molar-refractivity contribution in [3.8, 4) is 0 Å². The first-order valence-corrected chi connectivity index (χ1v) is 7.84. The molecule has 0 saturated carbocycles. The third kappa shape index (κ3) is 2.99. The second kappa shape index (κ2) is 5.36. The predicted octanol–water partition coefficient (Wildman–Crippen LogP) is 1.81. The summed E-state index contributed by atoms with van der Waals surface area (Å²) in [6.07, 6.45) is 2.17. The minimum Gasteiger partial charge on any atom is -0.396 e. The van der Waals surface area contributed by atoms with E-state index in [1.54, 1.807) is 13.2 Å². The van der Waals surface area contributed by atoms with Crippen molar-refractivity contribution in [3.63, 3.8) is 0 Å². The maximum Gasteiger partial charge on any atom is 0.262 e. The first-order chi connectivity index (χ1) is 9.74. The zero-order chi connectivity index (χ0) is 15.8. The maximum atomic E-state index is 13.5. The summed E-state index contributed by atoms with van der Waals surface area (Å²) in [5, 5.41) is 4.16. The molecule has 0 unspecified atom stereocenters. The molecule has 0 radical (unpaired) electrons. The van der Waals surface area contributed by atoms with Crippen LogP contribution in [0.5, 0.6) is 0 Å². The van der Waals surface area contributed by atoms with Crippen LogP contribution in [0.15, 0.2) is 23.2 Å². The molecule has 0 amide bonds. The fourth-order valence-electron chi connectivity index (χ4n) is 2.00. The fourth-order valence-corrected chi connectivity index (χ4v) is 3.19. The molecule has 2 rings (SSSR count). The quantitative estimate of drug-likeness (QED) is 0.843. The molecule has 1 aromatic carbocycles. The van der Waals surface area contributed by atoms with Crippen LogP contribution in [0.25, 0.3) is 0 Å². The molecule has 1 aromatic heterocycles. The number of nitrogens with zero attached hydrogens (tertiary/aromatic N) is 2. The number of sulfonamides is 1. The van der Waals surface area contributed by atoms with E-state index in [4.69, 9.17) is 5.73 Å². The minimum absolute atomic E-state index is 0.0789. The van der Waals surface area contributed by atoms with Crippen molar-refractivity contribution in [2.24, 2.45) is 7.05 Å². The monoisotopic (exact) mass is 312 g/mol. The topological polar surface area (TPSA) is 90.0 Å². The summed E-state index contributed by atoms with van der Waals surface area (Å²) in [7, 11) is -2.14. The van der Waals surface area contributed by atoms with Crippen LogP contribution in [0.3, 0.4) is 0 Å². The highest BCUT2D eigenvalue weighted by atomic mass is 32.2. The van der Waals surface area contributed by atoms with Crippen LogP contribution in [-0.2, 0) is 23.5 Å². The number of hydrogen-bond acceptors (Lipinski definition) is 4. The third-order valence-electron chi connectivity index (χ3n) is 3.05. The molecule has 0 spiro atoms. The summed E-state index contributed by atoms with van der Waals surface area (Å²) in [5.74, 6) is -0.607. The van der Waals surface area contributed by atoms with Gasteiger partial charge in [-0.05, 0) is 31.0 Å². The number of nitrogens with two attached hydrogens (primary N) is 1. The van der Waals surface area contributed by atoms with E-state index < -0.39 is 15.8 Å². The van der Waals surface area contributed by atoms with E-state index in [1.807, 2.05) is 6.92 Å². The molecule has 21 heavy (non-hydrogen) atoms. The summed E-state index contributed by atoms with van der Waals surface area (Å²) < 4.78 is 42.2. The Bertz CT molecular complexity index is 760. The summed E-state index contributed by atoms with van der Waals surface area (Å²) in [6.45, 7) is 3.34. The predicted molar refractivity (Wildman–Crippen MR) is 78.9 cm³/mol. The van der Waals surface area contributed by atoms with Crippen LogP contribution in [0.2, 0.25) is 0 Å². The van der Waals surface area contributed by atoms with Crippen molar-refractivity contribution >= 4 is 21.4 Å². The van der Waals surface area contributed by atoms with Gasteiger partial charge in [0.1, 0.15) is 5.82 Å². The minimum atomic E-state index is -3.84. The van der Waals surface area contributed by atoms with Crippen LogP contribution in [0.1, 0.15) is 18.2 Å². The van der Waals surface area contributed by atoms with Gasteiger partial charge in [-0.25, -0.2) is 12.8 Å². The van der Waals surface area contributed by atoms with Gasteiger partial charge < -0.3 is 5.73 Å². The average Bonchev–Trinajstić information content (AvgIpc) is 2.74. The maximum absolute atomic E-state index is 13.5. The van der Waals surface area contributed by atoms with Crippen LogP contribution < -0.4 is 10.5 Å². The van der Waals surface area contributed by atoms with E-state index >= 15 is 0 Å². The Kier molecular flexibility index (Phi) is 3.91. The second-order valence-electron chi connectivity index (χ2n) is 4.77. The first-order valence-electron chi connectivity index (χ1n) is 6.35. The second-order valence-corrected chi connectivity index (χ2v) is 6.45. The van der Waals surface area contributed by atoms with Gasteiger partial charge in [-0.15, -0.1) is 0 Å². The lowest BCUT2D eigenvalue weighted by molar-refractivity contribution is 0.599. The Balaban J connectivity index is 2.43. The van der Waals surface area contributed by atoms with Crippen molar-refractivity contribution in [2.45, 2.75) is 25.2 Å². The van der Waals surface area contributed by atoms with E-state index in [-0.39, 0.29) is 16.1 Å². The van der Waals surface area contributed by atoms with Crippen LogP contribution in [0, 0.1) is 12.7 Å². The number of nitrogens with one attached hydrogen (secondary N) is 1. The highest BCUT2D eigenvalue weighted by molar-refractivity contribution is 7.92. The van der Waals surface area contributed by atoms with Gasteiger partial charge in [0.05, 0.1) is 22.0 Å². The Morgan fingerprint density at radius 2 is 2.10 bits per heavy atom. The Hall–Kier alpha value is -2.09. The number of anilines is 2. The molecule has 1 heterocycles. The molecular weight excluding hydrogens is 295 g/mol. The van der Waals surface area contributed by atoms with E-state index in [1.165, 1.54) is 17.7 Å². The molecule has 0 aliphatic rings. The van der Waals surface area contributed by atoms with Gasteiger partial charge in [-0.1, -0.05) is 6.92 Å². The number of rotatable bonds is 4. The molecule has 6 nitrogen and oxygen atoms in total. The Morgan fingerprint density at radius 1 is 1.43 bits per heavy atom. The SMILES string of the molecule is CCc1nn(C)cc1NS(=O)(=O)c1cc(C)c(F)c(N)c1. The number of hydrogen-bond donors (Lipinski definition) is 2. The molecule has 0 saturated heterocycles. The molecule has 0 atom stereocenters. The van der Waals surface area contributed by atoms with Crippen LogP contribution >= 0.6 is 0 Å². The van der Waals surface area contributed by atoms with Crippen molar-refractivity contribution in [1.82, 2.24) is 9.78 Å². The lowest BCUT2D eigenvalue weighted by Crippen LogP contribution is -2.14. The van der Waals surface area contributed by atoms with Gasteiger partial charge in [0.2, 0.25) is 0 Å².